The van der Waals surface area contributed by atoms with Crippen LogP contribution in [0.2, 0.25) is 0 Å². The number of nitrogens with one attached hydrogen (secondary N) is 1. The van der Waals surface area contributed by atoms with Gasteiger partial charge in [0.25, 0.3) is 0 Å². The molecular weight excluding hydrogens is 280 g/mol. The fourth-order valence-electron chi connectivity index (χ4n) is 1.85. The quantitative estimate of drug-likeness (QED) is 0.780. The molecule has 0 atom stereocenters. The first-order valence-electron chi connectivity index (χ1n) is 6.36. The van der Waals surface area contributed by atoms with Crippen LogP contribution >= 0.6 is 23.1 Å². The van der Waals surface area contributed by atoms with Crippen LogP contribution in [0, 0.1) is 6.92 Å². The summed E-state index contributed by atoms with van der Waals surface area (Å²) >= 11 is 3.24. The van der Waals surface area contributed by atoms with Gasteiger partial charge in [0.1, 0.15) is 4.88 Å². The lowest BCUT2D eigenvalue weighted by Crippen LogP contribution is -2.31. The lowest BCUT2D eigenvalue weighted by atomic mass is 10.0. The Hall–Kier alpha value is -0.750. The molecular formula is C13H22N2O2S2. The Balaban J connectivity index is 2.76. The molecule has 1 aromatic rings. The fourth-order valence-corrected chi connectivity index (χ4v) is 3.53. The number of carbonyl (C=O) groups excluding carboxylic acids is 1. The highest BCUT2D eigenvalue weighted by atomic mass is 32.2. The van der Waals surface area contributed by atoms with E-state index >= 15 is 0 Å². The molecule has 0 aliphatic carbocycles. The largest absolute Gasteiger partial charge is 0.465 e. The third-order valence-corrected chi connectivity index (χ3v) is 6.13. The highest BCUT2D eigenvalue weighted by Crippen LogP contribution is 2.32. The number of carbonyl (C=O) groups is 1. The molecule has 4 nitrogen and oxygen atoms in total. The van der Waals surface area contributed by atoms with E-state index in [1.54, 1.807) is 0 Å². The monoisotopic (exact) mass is 302 g/mol. The van der Waals surface area contributed by atoms with Crippen molar-refractivity contribution in [3.05, 3.63) is 10.6 Å². The van der Waals surface area contributed by atoms with Gasteiger partial charge in [-0.3, -0.25) is 0 Å². The molecule has 1 aromatic heterocycles. The van der Waals surface area contributed by atoms with Crippen LogP contribution in [0.15, 0.2) is 0 Å². The summed E-state index contributed by atoms with van der Waals surface area (Å²) in [6.07, 6.45) is 4.35. The summed E-state index contributed by atoms with van der Waals surface area (Å²) < 4.78 is 4.97. The van der Waals surface area contributed by atoms with Crippen LogP contribution in [0.4, 0.5) is 5.13 Å². The number of aromatic nitrogens is 1. The van der Waals surface area contributed by atoms with Crippen LogP contribution in [0.3, 0.4) is 0 Å². The van der Waals surface area contributed by atoms with Gasteiger partial charge in [-0.1, -0.05) is 25.2 Å². The predicted molar refractivity (Wildman–Crippen MR) is 83.5 cm³/mol. The summed E-state index contributed by atoms with van der Waals surface area (Å²) in [7, 11) is 1.39. The first-order chi connectivity index (χ1) is 9.01. The van der Waals surface area contributed by atoms with Crippen molar-refractivity contribution in [1.82, 2.24) is 4.98 Å². The van der Waals surface area contributed by atoms with Crippen molar-refractivity contribution in [3.8, 4) is 0 Å². The topological polar surface area (TPSA) is 51.2 Å². The Morgan fingerprint density at radius 3 is 2.58 bits per heavy atom. The molecule has 0 aromatic carbocycles. The van der Waals surface area contributed by atoms with Gasteiger partial charge >= 0.3 is 5.97 Å². The van der Waals surface area contributed by atoms with E-state index in [-0.39, 0.29) is 10.7 Å². The van der Waals surface area contributed by atoms with Gasteiger partial charge in [-0.25, -0.2) is 9.78 Å². The summed E-state index contributed by atoms with van der Waals surface area (Å²) in [6, 6.07) is 0. The van der Waals surface area contributed by atoms with Gasteiger partial charge in [0.2, 0.25) is 0 Å². The molecule has 19 heavy (non-hydrogen) atoms. The molecule has 0 spiro atoms. The maximum atomic E-state index is 11.5. The van der Waals surface area contributed by atoms with Gasteiger partial charge < -0.3 is 10.1 Å². The minimum Gasteiger partial charge on any atom is -0.465 e. The Morgan fingerprint density at radius 2 is 2.11 bits per heavy atom. The first kappa shape index (κ1) is 16.3. The second kappa shape index (κ2) is 7.14. The van der Waals surface area contributed by atoms with E-state index in [0.29, 0.717) is 4.88 Å². The van der Waals surface area contributed by atoms with E-state index in [2.05, 4.69) is 30.4 Å². The van der Waals surface area contributed by atoms with E-state index in [0.717, 1.165) is 30.2 Å². The summed E-state index contributed by atoms with van der Waals surface area (Å²) in [5.41, 5.74) is 0.724. The molecule has 108 valence electrons. The van der Waals surface area contributed by atoms with E-state index in [4.69, 9.17) is 4.74 Å². The standard InChI is InChI=1S/C13H22N2O2S2/c1-6-13(7-2,18-5)8-14-12-15-9(3)10(19-12)11(16)17-4/h6-8H2,1-5H3,(H,14,15). The second-order valence-corrected chi connectivity index (χ2v) is 6.65. The Morgan fingerprint density at radius 1 is 1.47 bits per heavy atom. The lowest BCUT2D eigenvalue weighted by Gasteiger charge is -2.29. The number of rotatable bonds is 7. The zero-order valence-electron chi connectivity index (χ0n) is 12.2. The predicted octanol–water partition coefficient (Wildman–Crippen LogP) is 3.57. The molecule has 0 amide bonds. The number of hydrogen-bond donors (Lipinski definition) is 1. The summed E-state index contributed by atoms with van der Waals surface area (Å²) in [6.45, 7) is 7.09. The summed E-state index contributed by atoms with van der Waals surface area (Å²) in [5.74, 6) is -0.315. The normalized spacial score (nSPS) is 11.4. The molecule has 0 aliphatic heterocycles. The molecule has 0 fully saturated rings. The smallest absolute Gasteiger partial charge is 0.350 e. The van der Waals surface area contributed by atoms with Crippen molar-refractivity contribution in [3.63, 3.8) is 0 Å². The van der Waals surface area contributed by atoms with E-state index in [1.165, 1.54) is 18.4 Å². The Bertz CT molecular complexity index is 420. The van der Waals surface area contributed by atoms with Crippen LogP contribution in [0.5, 0.6) is 0 Å². The molecule has 0 unspecified atom stereocenters. The molecule has 6 heteroatoms. The molecule has 0 radical (unpaired) electrons. The van der Waals surface area contributed by atoms with Crippen molar-refractivity contribution < 1.29 is 9.53 Å². The number of esters is 1. The molecule has 1 N–H and O–H groups in total. The fraction of sp³-hybridized carbons (Fsp3) is 0.692. The SMILES string of the molecule is CCC(CC)(CNc1nc(C)c(C(=O)OC)s1)SC. The van der Waals surface area contributed by atoms with Crippen molar-refractivity contribution in [2.75, 3.05) is 25.2 Å². The molecule has 0 bridgehead atoms. The van der Waals surface area contributed by atoms with Crippen LogP contribution < -0.4 is 5.32 Å². The second-order valence-electron chi connectivity index (χ2n) is 4.37. The van der Waals surface area contributed by atoms with Crippen LogP contribution in [0.25, 0.3) is 0 Å². The number of nitrogens with zero attached hydrogens (tertiary/aromatic N) is 1. The number of aryl methyl sites for hydroxylation is 1. The number of methoxy groups -OCH3 is 1. The third-order valence-electron chi connectivity index (χ3n) is 3.45. The average molecular weight is 302 g/mol. The summed E-state index contributed by atoms with van der Waals surface area (Å²) in [4.78, 5) is 16.5. The third kappa shape index (κ3) is 3.86. The van der Waals surface area contributed by atoms with Crippen molar-refractivity contribution in [2.24, 2.45) is 0 Å². The minimum atomic E-state index is -0.315. The number of anilines is 1. The number of thiazole rings is 1. The minimum absolute atomic E-state index is 0.227. The summed E-state index contributed by atoms with van der Waals surface area (Å²) in [5, 5.41) is 4.15. The van der Waals surface area contributed by atoms with Gasteiger partial charge in [0.15, 0.2) is 5.13 Å². The van der Waals surface area contributed by atoms with Gasteiger partial charge in [-0.15, -0.1) is 0 Å². The molecule has 0 aliphatic rings. The molecule has 0 saturated carbocycles. The van der Waals surface area contributed by atoms with E-state index < -0.39 is 0 Å². The molecule has 0 saturated heterocycles. The van der Waals surface area contributed by atoms with Gasteiger partial charge in [0, 0.05) is 11.3 Å². The van der Waals surface area contributed by atoms with Gasteiger partial charge in [-0.05, 0) is 26.0 Å². The van der Waals surface area contributed by atoms with E-state index in [9.17, 15) is 4.79 Å². The highest BCUT2D eigenvalue weighted by Gasteiger charge is 2.25. The Kier molecular flexibility index (Phi) is 6.13. The average Bonchev–Trinajstić information content (AvgIpc) is 2.81. The number of ether oxygens (including phenoxy) is 1. The van der Waals surface area contributed by atoms with Crippen molar-refractivity contribution in [2.45, 2.75) is 38.4 Å². The lowest BCUT2D eigenvalue weighted by molar-refractivity contribution is 0.0605. The number of hydrogen-bond acceptors (Lipinski definition) is 6. The zero-order chi connectivity index (χ0) is 14.5. The Labute approximate surface area is 123 Å². The maximum Gasteiger partial charge on any atom is 0.350 e. The highest BCUT2D eigenvalue weighted by molar-refractivity contribution is 8.00. The van der Waals surface area contributed by atoms with E-state index in [1.807, 2.05) is 18.7 Å². The first-order valence-corrected chi connectivity index (χ1v) is 8.40. The molecule has 1 rings (SSSR count). The van der Waals surface area contributed by atoms with Gasteiger partial charge in [-0.2, -0.15) is 11.8 Å². The zero-order valence-corrected chi connectivity index (χ0v) is 13.8. The van der Waals surface area contributed by atoms with Crippen LogP contribution in [-0.4, -0.2) is 35.6 Å². The van der Waals surface area contributed by atoms with Crippen molar-refractivity contribution in [1.29, 1.82) is 0 Å². The van der Waals surface area contributed by atoms with Gasteiger partial charge in [0.05, 0.1) is 12.8 Å². The van der Waals surface area contributed by atoms with Crippen LogP contribution in [-0.2, 0) is 4.74 Å². The van der Waals surface area contributed by atoms with Crippen LogP contribution in [0.1, 0.15) is 42.1 Å². The van der Waals surface area contributed by atoms with Crippen molar-refractivity contribution >= 4 is 34.2 Å². The number of thioether (sulfide) groups is 1. The molecule has 1 heterocycles. The maximum absolute atomic E-state index is 11.5.